The molecule has 0 aliphatic rings. The Morgan fingerprint density at radius 1 is 1.06 bits per heavy atom. The molecule has 0 atom stereocenters. The van der Waals surface area contributed by atoms with E-state index in [0.29, 0.717) is 22.8 Å². The summed E-state index contributed by atoms with van der Waals surface area (Å²) in [5.41, 5.74) is 8.60. The number of carbonyl (C=O) groups excluding carboxylic acids is 1. The summed E-state index contributed by atoms with van der Waals surface area (Å²) in [5.74, 6) is 0.174. The van der Waals surface area contributed by atoms with Gasteiger partial charge in [0, 0.05) is 12.2 Å². The lowest BCUT2D eigenvalue weighted by atomic mass is 10.1. The molecule has 0 unspecified atom stereocenters. The van der Waals surface area contributed by atoms with Gasteiger partial charge in [-0.1, -0.05) is 36.8 Å². The Morgan fingerprint density at radius 3 is 2.33 bits per heavy atom. The minimum atomic E-state index is -4.75. The third kappa shape index (κ3) is 9.14. The van der Waals surface area contributed by atoms with Crippen LogP contribution in [0.2, 0.25) is 0 Å². The van der Waals surface area contributed by atoms with Gasteiger partial charge in [0.2, 0.25) is 0 Å². The molecule has 8 heteroatoms. The number of ether oxygens (including phenoxy) is 2. The van der Waals surface area contributed by atoms with Crippen LogP contribution in [0, 0.1) is 0 Å². The zero-order chi connectivity index (χ0) is 24.4. The lowest BCUT2D eigenvalue weighted by Gasteiger charge is -2.11. The molecule has 1 amide bonds. The fourth-order valence-electron chi connectivity index (χ4n) is 2.65. The summed E-state index contributed by atoms with van der Waals surface area (Å²) in [5, 5.41) is 2.83. The molecule has 5 nitrogen and oxygen atoms in total. The largest absolute Gasteiger partial charge is 0.573 e. The predicted octanol–water partition coefficient (Wildman–Crippen LogP) is 6.14. The second-order valence-electron chi connectivity index (χ2n) is 7.27. The van der Waals surface area contributed by atoms with Crippen molar-refractivity contribution in [2.45, 2.75) is 40.1 Å². The molecule has 0 heterocycles. The van der Waals surface area contributed by atoms with E-state index in [9.17, 15) is 18.0 Å². The quantitative estimate of drug-likeness (QED) is 0.348. The Labute approximate surface area is 191 Å². The number of allylic oxidation sites excluding steroid dienone is 4. The van der Waals surface area contributed by atoms with Crippen molar-refractivity contribution in [3.63, 3.8) is 0 Å². The average molecular weight is 460 g/mol. The van der Waals surface area contributed by atoms with Gasteiger partial charge < -0.3 is 20.5 Å². The van der Waals surface area contributed by atoms with Gasteiger partial charge in [-0.3, -0.25) is 4.79 Å². The van der Waals surface area contributed by atoms with Crippen LogP contribution >= 0.6 is 0 Å². The molecule has 0 fully saturated rings. The summed E-state index contributed by atoms with van der Waals surface area (Å²) in [6.07, 6.45) is 1.57. The van der Waals surface area contributed by atoms with E-state index in [1.54, 1.807) is 37.3 Å². The van der Waals surface area contributed by atoms with E-state index in [4.69, 9.17) is 10.5 Å². The van der Waals surface area contributed by atoms with Crippen molar-refractivity contribution in [3.8, 4) is 17.2 Å². The number of carbonyl (C=O) groups is 1. The van der Waals surface area contributed by atoms with Crippen molar-refractivity contribution in [1.29, 1.82) is 0 Å². The molecule has 0 aliphatic heterocycles. The molecule has 0 saturated carbocycles. The Kier molecular flexibility index (Phi) is 9.15. The normalized spacial score (nSPS) is 13.0. The van der Waals surface area contributed by atoms with Gasteiger partial charge in [0.25, 0.3) is 5.91 Å². The standard InChI is InChI=1S/C25H27F3N2O3/c1-4-17(2)7-5-10-23(18(3)29)24(31)30-16-19-8-6-9-22(15-19)32-20-11-13-21(14-12-20)33-25(26,27)28/h5-15H,4,16,29H2,1-3H3,(H,30,31)/b10-5-,17-7?,23-18-. The molecule has 0 radical (unpaired) electrons. The lowest BCUT2D eigenvalue weighted by molar-refractivity contribution is -0.274. The molecule has 2 aromatic carbocycles. The fourth-order valence-corrected chi connectivity index (χ4v) is 2.65. The van der Waals surface area contributed by atoms with Crippen LogP contribution in [0.15, 0.2) is 83.6 Å². The van der Waals surface area contributed by atoms with E-state index in [0.717, 1.165) is 12.0 Å². The van der Waals surface area contributed by atoms with Crippen LogP contribution in [-0.4, -0.2) is 12.3 Å². The number of alkyl halides is 3. The first-order valence-corrected chi connectivity index (χ1v) is 10.3. The van der Waals surface area contributed by atoms with Gasteiger partial charge in [-0.15, -0.1) is 13.2 Å². The number of amides is 1. The molecule has 0 bridgehead atoms. The summed E-state index contributed by atoms with van der Waals surface area (Å²) in [6.45, 7) is 5.95. The van der Waals surface area contributed by atoms with Gasteiger partial charge in [0.05, 0.1) is 5.57 Å². The van der Waals surface area contributed by atoms with Crippen LogP contribution in [-0.2, 0) is 11.3 Å². The Hall–Kier alpha value is -3.68. The van der Waals surface area contributed by atoms with Crippen molar-refractivity contribution in [2.24, 2.45) is 5.73 Å². The van der Waals surface area contributed by atoms with E-state index in [-0.39, 0.29) is 18.2 Å². The molecule has 33 heavy (non-hydrogen) atoms. The molecule has 0 spiro atoms. The smallest absolute Gasteiger partial charge is 0.457 e. The van der Waals surface area contributed by atoms with Gasteiger partial charge >= 0.3 is 6.36 Å². The summed E-state index contributed by atoms with van der Waals surface area (Å²) in [6, 6.07) is 12.1. The Bertz CT molecular complexity index is 1040. The van der Waals surface area contributed by atoms with Crippen molar-refractivity contribution in [2.75, 3.05) is 0 Å². The third-order valence-corrected chi connectivity index (χ3v) is 4.52. The zero-order valence-corrected chi connectivity index (χ0v) is 18.7. The monoisotopic (exact) mass is 460 g/mol. The maximum atomic E-state index is 12.6. The summed E-state index contributed by atoms with van der Waals surface area (Å²) >= 11 is 0. The topological polar surface area (TPSA) is 73.6 Å². The molecule has 0 aliphatic carbocycles. The van der Waals surface area contributed by atoms with E-state index in [2.05, 4.69) is 10.1 Å². The van der Waals surface area contributed by atoms with Crippen molar-refractivity contribution in [1.82, 2.24) is 5.32 Å². The summed E-state index contributed by atoms with van der Waals surface area (Å²) < 4.78 is 46.3. The number of nitrogens with one attached hydrogen (secondary N) is 1. The van der Waals surface area contributed by atoms with Gasteiger partial charge in [-0.25, -0.2) is 0 Å². The van der Waals surface area contributed by atoms with Crippen LogP contribution in [0.3, 0.4) is 0 Å². The molecule has 2 aromatic rings. The van der Waals surface area contributed by atoms with E-state index in [1.165, 1.54) is 29.8 Å². The molecule has 176 valence electrons. The third-order valence-electron chi connectivity index (χ3n) is 4.52. The highest BCUT2D eigenvalue weighted by atomic mass is 19.4. The van der Waals surface area contributed by atoms with Gasteiger partial charge in [0.15, 0.2) is 0 Å². The minimum absolute atomic E-state index is 0.239. The van der Waals surface area contributed by atoms with Gasteiger partial charge in [-0.05, 0) is 68.3 Å². The number of hydrogen-bond acceptors (Lipinski definition) is 4. The molecular weight excluding hydrogens is 433 g/mol. The average Bonchev–Trinajstić information content (AvgIpc) is 2.75. The number of hydrogen-bond donors (Lipinski definition) is 2. The van der Waals surface area contributed by atoms with Crippen molar-refractivity contribution in [3.05, 3.63) is 89.2 Å². The molecule has 0 saturated heterocycles. The second-order valence-corrected chi connectivity index (χ2v) is 7.27. The van der Waals surface area contributed by atoms with Crippen LogP contribution < -0.4 is 20.5 Å². The summed E-state index contributed by atoms with van der Waals surface area (Å²) in [7, 11) is 0. The van der Waals surface area contributed by atoms with Crippen molar-refractivity contribution >= 4 is 5.91 Å². The molecule has 0 aromatic heterocycles. The summed E-state index contributed by atoms with van der Waals surface area (Å²) in [4.78, 5) is 12.6. The first-order valence-electron chi connectivity index (χ1n) is 10.3. The minimum Gasteiger partial charge on any atom is -0.457 e. The fraction of sp³-hybridized carbons (Fsp3) is 0.240. The van der Waals surface area contributed by atoms with Crippen molar-refractivity contribution < 1.29 is 27.4 Å². The van der Waals surface area contributed by atoms with Crippen LogP contribution in [0.4, 0.5) is 13.2 Å². The highest BCUT2D eigenvalue weighted by Gasteiger charge is 2.30. The molecule has 3 N–H and O–H groups in total. The number of halogens is 3. The number of rotatable bonds is 9. The van der Waals surface area contributed by atoms with E-state index in [1.807, 2.05) is 26.0 Å². The maximum Gasteiger partial charge on any atom is 0.573 e. The maximum absolute atomic E-state index is 12.6. The van der Waals surface area contributed by atoms with Crippen LogP contribution in [0.5, 0.6) is 17.2 Å². The van der Waals surface area contributed by atoms with E-state index >= 15 is 0 Å². The highest BCUT2D eigenvalue weighted by Crippen LogP contribution is 2.27. The van der Waals surface area contributed by atoms with Crippen LogP contribution in [0.1, 0.15) is 32.8 Å². The molecular formula is C25H27F3N2O3. The predicted molar refractivity (Wildman–Crippen MR) is 122 cm³/mol. The second kappa shape index (κ2) is 11.8. The lowest BCUT2D eigenvalue weighted by Crippen LogP contribution is -2.25. The van der Waals surface area contributed by atoms with Gasteiger partial charge in [0.1, 0.15) is 17.2 Å². The number of benzene rings is 2. The number of nitrogens with two attached hydrogens (primary N) is 1. The van der Waals surface area contributed by atoms with Gasteiger partial charge in [-0.2, -0.15) is 0 Å². The SMILES string of the molecule is CCC(C)=C/C=C\C(C(=O)NCc1cccc(Oc2ccc(OC(F)(F)F)cc2)c1)=C(/C)N. The Morgan fingerprint density at radius 2 is 1.73 bits per heavy atom. The highest BCUT2D eigenvalue weighted by molar-refractivity contribution is 5.96. The van der Waals surface area contributed by atoms with E-state index < -0.39 is 6.36 Å². The first-order chi connectivity index (χ1) is 15.6. The molecule has 2 rings (SSSR count). The Balaban J connectivity index is 2.00. The zero-order valence-electron chi connectivity index (χ0n) is 18.7. The first kappa shape index (κ1) is 25.6. The van der Waals surface area contributed by atoms with Crippen LogP contribution in [0.25, 0.3) is 0 Å².